The number of hydrogen-bond donors (Lipinski definition) is 3. The average Bonchev–Trinajstić information content (AvgIpc) is 2.30. The molecule has 0 saturated heterocycles. The Bertz CT molecular complexity index is 180. The number of aliphatic hydroxyl groups excluding tert-OH is 1. The second kappa shape index (κ2) is 11.9. The molecule has 4 nitrogen and oxygen atoms in total. The third-order valence-corrected chi connectivity index (χ3v) is 2.92. The Morgan fingerprint density at radius 2 is 1.65 bits per heavy atom. The van der Waals surface area contributed by atoms with Crippen molar-refractivity contribution in [2.45, 2.75) is 70.3 Å². The van der Waals surface area contributed by atoms with Gasteiger partial charge in [-0.2, -0.15) is 0 Å². The number of carboxylic acids is 1. The fourth-order valence-electron chi connectivity index (χ4n) is 1.86. The summed E-state index contributed by atoms with van der Waals surface area (Å²) in [7, 11) is 0. The number of aliphatic hydroxyl groups is 1. The van der Waals surface area contributed by atoms with Crippen molar-refractivity contribution in [1.29, 1.82) is 0 Å². The summed E-state index contributed by atoms with van der Waals surface area (Å²) < 4.78 is 0. The molecule has 0 atom stereocenters. The molecule has 1 aliphatic rings. The molecular weight excluding hydrogens is 218 g/mol. The lowest BCUT2D eigenvalue weighted by Gasteiger charge is -2.14. The first-order chi connectivity index (χ1) is 8.16. The molecule has 1 saturated carbocycles. The van der Waals surface area contributed by atoms with Gasteiger partial charge in [-0.25, -0.2) is 0 Å². The molecule has 1 fully saturated rings. The van der Waals surface area contributed by atoms with Crippen LogP contribution in [-0.4, -0.2) is 28.8 Å². The molecule has 0 bridgehead atoms. The van der Waals surface area contributed by atoms with Crippen LogP contribution in [0.1, 0.15) is 64.2 Å². The molecule has 102 valence electrons. The van der Waals surface area contributed by atoms with Crippen LogP contribution in [-0.2, 0) is 4.79 Å². The van der Waals surface area contributed by atoms with Gasteiger partial charge in [-0.3, -0.25) is 4.79 Å². The summed E-state index contributed by atoms with van der Waals surface area (Å²) >= 11 is 0. The Labute approximate surface area is 104 Å². The fourth-order valence-corrected chi connectivity index (χ4v) is 1.86. The summed E-state index contributed by atoms with van der Waals surface area (Å²) in [5.74, 6) is -0.701. The molecule has 1 aliphatic carbocycles. The molecule has 4 N–H and O–H groups in total. The molecule has 0 heterocycles. The van der Waals surface area contributed by atoms with E-state index in [0.29, 0.717) is 13.0 Å². The van der Waals surface area contributed by atoms with Gasteiger partial charge in [0.15, 0.2) is 0 Å². The van der Waals surface area contributed by atoms with Crippen molar-refractivity contribution in [2.75, 3.05) is 6.54 Å². The minimum Gasteiger partial charge on any atom is -0.481 e. The molecule has 0 radical (unpaired) electrons. The molecule has 0 amide bonds. The van der Waals surface area contributed by atoms with Crippen molar-refractivity contribution in [3.05, 3.63) is 0 Å². The standard InChI is InChI=1S/C7H15NO2.C6H12O/c8-6-4-2-1-3-5-7(9)10;7-6-4-2-1-3-5-6/h1-6,8H2,(H,9,10);6-7H,1-5H2. The van der Waals surface area contributed by atoms with E-state index in [4.69, 9.17) is 15.9 Å². The van der Waals surface area contributed by atoms with Gasteiger partial charge in [0.05, 0.1) is 6.10 Å². The molecule has 1 rings (SSSR count). The smallest absolute Gasteiger partial charge is 0.303 e. The van der Waals surface area contributed by atoms with Crippen molar-refractivity contribution in [3.8, 4) is 0 Å². The van der Waals surface area contributed by atoms with Crippen LogP contribution in [0.2, 0.25) is 0 Å². The minimum absolute atomic E-state index is 0.0359. The van der Waals surface area contributed by atoms with E-state index in [2.05, 4.69) is 0 Å². The summed E-state index contributed by atoms with van der Waals surface area (Å²) in [6.07, 6.45) is 10.1. The third kappa shape index (κ3) is 13.3. The zero-order chi connectivity index (χ0) is 12.9. The van der Waals surface area contributed by atoms with Crippen molar-refractivity contribution in [2.24, 2.45) is 5.73 Å². The van der Waals surface area contributed by atoms with Crippen LogP contribution in [0.5, 0.6) is 0 Å². The van der Waals surface area contributed by atoms with E-state index >= 15 is 0 Å². The summed E-state index contributed by atoms with van der Waals surface area (Å²) in [5.41, 5.74) is 5.25. The normalized spacial score (nSPS) is 16.1. The third-order valence-electron chi connectivity index (χ3n) is 2.92. The Balaban J connectivity index is 0.000000318. The Hall–Kier alpha value is -0.610. The molecule has 0 spiro atoms. The highest BCUT2D eigenvalue weighted by molar-refractivity contribution is 5.66. The number of rotatable bonds is 6. The van der Waals surface area contributed by atoms with E-state index in [1.54, 1.807) is 0 Å². The number of nitrogens with two attached hydrogens (primary N) is 1. The van der Waals surface area contributed by atoms with Gasteiger partial charge in [-0.1, -0.05) is 32.1 Å². The molecule has 0 aromatic rings. The molecule has 17 heavy (non-hydrogen) atoms. The maximum Gasteiger partial charge on any atom is 0.303 e. The molecule has 0 unspecified atom stereocenters. The lowest BCUT2D eigenvalue weighted by atomic mass is 9.98. The van der Waals surface area contributed by atoms with Gasteiger partial charge in [-0.05, 0) is 32.2 Å². The maximum absolute atomic E-state index is 10.0. The number of unbranched alkanes of at least 4 members (excludes halogenated alkanes) is 3. The number of carboxylic acid groups (broad SMARTS) is 1. The number of carbonyl (C=O) groups is 1. The van der Waals surface area contributed by atoms with Crippen LogP contribution < -0.4 is 5.73 Å². The largest absolute Gasteiger partial charge is 0.481 e. The molecule has 0 aromatic heterocycles. The van der Waals surface area contributed by atoms with Crippen molar-refractivity contribution in [3.63, 3.8) is 0 Å². The minimum atomic E-state index is -0.701. The van der Waals surface area contributed by atoms with Crippen LogP contribution in [0.15, 0.2) is 0 Å². The van der Waals surface area contributed by atoms with Crippen molar-refractivity contribution < 1.29 is 15.0 Å². The lowest BCUT2D eigenvalue weighted by molar-refractivity contribution is -0.137. The monoisotopic (exact) mass is 245 g/mol. The zero-order valence-electron chi connectivity index (χ0n) is 10.7. The molecule has 0 aromatic carbocycles. The first-order valence-corrected chi connectivity index (χ1v) is 6.76. The topological polar surface area (TPSA) is 83.6 Å². The average molecular weight is 245 g/mol. The van der Waals surface area contributed by atoms with Gasteiger partial charge >= 0.3 is 5.97 Å². The second-order valence-corrected chi connectivity index (χ2v) is 4.64. The molecule has 4 heteroatoms. The summed E-state index contributed by atoms with van der Waals surface area (Å²) in [6.45, 7) is 0.715. The highest BCUT2D eigenvalue weighted by Crippen LogP contribution is 2.16. The van der Waals surface area contributed by atoms with Gasteiger partial charge in [0.25, 0.3) is 0 Å². The lowest BCUT2D eigenvalue weighted by Crippen LogP contribution is -2.09. The van der Waals surface area contributed by atoms with Gasteiger partial charge in [-0.15, -0.1) is 0 Å². The fraction of sp³-hybridized carbons (Fsp3) is 0.923. The van der Waals surface area contributed by atoms with Crippen LogP contribution in [0.25, 0.3) is 0 Å². The molecule has 0 aliphatic heterocycles. The van der Waals surface area contributed by atoms with Crippen LogP contribution in [0.3, 0.4) is 0 Å². The van der Waals surface area contributed by atoms with E-state index in [1.807, 2.05) is 0 Å². The highest BCUT2D eigenvalue weighted by atomic mass is 16.4. The van der Waals surface area contributed by atoms with Gasteiger partial charge in [0.1, 0.15) is 0 Å². The van der Waals surface area contributed by atoms with Crippen LogP contribution in [0.4, 0.5) is 0 Å². The summed E-state index contributed by atoms with van der Waals surface area (Å²) in [5, 5.41) is 17.2. The predicted molar refractivity (Wildman–Crippen MR) is 68.9 cm³/mol. The van der Waals surface area contributed by atoms with Crippen molar-refractivity contribution in [1.82, 2.24) is 0 Å². The van der Waals surface area contributed by atoms with Crippen LogP contribution >= 0.6 is 0 Å². The highest BCUT2D eigenvalue weighted by Gasteiger charge is 2.07. The van der Waals surface area contributed by atoms with E-state index in [0.717, 1.165) is 38.5 Å². The van der Waals surface area contributed by atoms with Crippen molar-refractivity contribution >= 4 is 5.97 Å². The van der Waals surface area contributed by atoms with E-state index < -0.39 is 5.97 Å². The Morgan fingerprint density at radius 3 is 2.06 bits per heavy atom. The van der Waals surface area contributed by atoms with E-state index in [-0.39, 0.29) is 6.10 Å². The molecular formula is C13H27NO3. The quantitative estimate of drug-likeness (QED) is 0.627. The number of hydrogen-bond acceptors (Lipinski definition) is 3. The summed E-state index contributed by atoms with van der Waals surface area (Å²) in [6, 6.07) is 0. The predicted octanol–water partition coefficient (Wildman–Crippen LogP) is 2.29. The zero-order valence-corrected chi connectivity index (χ0v) is 10.7. The van der Waals surface area contributed by atoms with Gasteiger partial charge < -0.3 is 15.9 Å². The first-order valence-electron chi connectivity index (χ1n) is 6.76. The van der Waals surface area contributed by atoms with Gasteiger partial charge in [0, 0.05) is 6.42 Å². The van der Waals surface area contributed by atoms with Crippen LogP contribution in [0, 0.1) is 0 Å². The van der Waals surface area contributed by atoms with E-state index in [1.165, 1.54) is 19.3 Å². The second-order valence-electron chi connectivity index (χ2n) is 4.64. The Kier molecular flexibility index (Phi) is 11.4. The summed E-state index contributed by atoms with van der Waals surface area (Å²) in [4.78, 5) is 10.0. The Morgan fingerprint density at radius 1 is 1.06 bits per heavy atom. The van der Waals surface area contributed by atoms with E-state index in [9.17, 15) is 4.79 Å². The first kappa shape index (κ1) is 16.4. The SMILES string of the molecule is NCCCCCCC(=O)O.OC1CCCCC1. The maximum atomic E-state index is 10.0. The van der Waals surface area contributed by atoms with Gasteiger partial charge in [0.2, 0.25) is 0 Å². The number of aliphatic carboxylic acids is 1.